The van der Waals surface area contributed by atoms with Gasteiger partial charge in [-0.3, -0.25) is 4.79 Å². The van der Waals surface area contributed by atoms with Crippen LogP contribution in [0.25, 0.3) is 0 Å². The van der Waals surface area contributed by atoms with Gasteiger partial charge in [0.2, 0.25) is 5.78 Å². The fourth-order valence-corrected chi connectivity index (χ4v) is 2.25. The third kappa shape index (κ3) is 1.97. The molecule has 1 aromatic carbocycles. The fourth-order valence-electron chi connectivity index (χ4n) is 1.37. The molecular formula is C12H9FOS. The van der Waals surface area contributed by atoms with Crippen molar-refractivity contribution in [2.45, 2.75) is 6.92 Å². The lowest BCUT2D eigenvalue weighted by Gasteiger charge is -1.99. The number of halogens is 1. The van der Waals surface area contributed by atoms with Crippen molar-refractivity contribution in [1.29, 1.82) is 0 Å². The lowest BCUT2D eigenvalue weighted by Crippen LogP contribution is -2.00. The maximum Gasteiger partial charge on any atom is 0.203 e. The molecule has 15 heavy (non-hydrogen) atoms. The molecular weight excluding hydrogens is 211 g/mol. The van der Waals surface area contributed by atoms with Gasteiger partial charge in [0.05, 0.1) is 4.88 Å². The number of hydrogen-bond donors (Lipinski definition) is 0. The zero-order chi connectivity index (χ0) is 10.8. The van der Waals surface area contributed by atoms with Crippen molar-refractivity contribution in [2.24, 2.45) is 0 Å². The van der Waals surface area contributed by atoms with E-state index in [0.29, 0.717) is 10.4 Å². The van der Waals surface area contributed by atoms with E-state index in [9.17, 15) is 9.18 Å². The molecule has 0 atom stereocenters. The molecule has 0 N–H and O–H groups in total. The summed E-state index contributed by atoms with van der Waals surface area (Å²) in [6.07, 6.45) is 0. The summed E-state index contributed by atoms with van der Waals surface area (Å²) in [5, 5.41) is 1.86. The zero-order valence-electron chi connectivity index (χ0n) is 8.16. The minimum Gasteiger partial charge on any atom is -0.288 e. The monoisotopic (exact) mass is 220 g/mol. The predicted octanol–water partition coefficient (Wildman–Crippen LogP) is 3.43. The largest absolute Gasteiger partial charge is 0.288 e. The van der Waals surface area contributed by atoms with Gasteiger partial charge in [-0.05, 0) is 36.1 Å². The number of benzene rings is 1. The first-order chi connectivity index (χ1) is 7.18. The van der Waals surface area contributed by atoms with Gasteiger partial charge in [-0.25, -0.2) is 4.39 Å². The Balaban J connectivity index is 2.41. The summed E-state index contributed by atoms with van der Waals surface area (Å²) in [5.74, 6) is -0.489. The van der Waals surface area contributed by atoms with Crippen molar-refractivity contribution in [3.05, 3.63) is 57.5 Å². The third-order valence-corrected chi connectivity index (χ3v) is 3.17. The topological polar surface area (TPSA) is 17.1 Å². The maximum absolute atomic E-state index is 12.9. The smallest absolute Gasteiger partial charge is 0.203 e. The molecule has 0 saturated heterocycles. The minimum absolute atomic E-state index is 0.109. The average Bonchev–Trinajstić information content (AvgIpc) is 2.63. The summed E-state index contributed by atoms with van der Waals surface area (Å²) in [5.41, 5.74) is 1.34. The first-order valence-corrected chi connectivity index (χ1v) is 5.41. The molecule has 0 bridgehead atoms. The highest BCUT2D eigenvalue weighted by Crippen LogP contribution is 2.20. The number of rotatable bonds is 2. The molecule has 0 aliphatic rings. The predicted molar refractivity (Wildman–Crippen MR) is 58.9 cm³/mol. The van der Waals surface area contributed by atoms with Crippen molar-refractivity contribution in [1.82, 2.24) is 0 Å². The van der Waals surface area contributed by atoms with Crippen LogP contribution in [-0.4, -0.2) is 5.78 Å². The summed E-state index contributed by atoms with van der Waals surface area (Å²) in [6, 6.07) is 7.66. The van der Waals surface area contributed by atoms with Gasteiger partial charge in [0.25, 0.3) is 0 Å². The van der Waals surface area contributed by atoms with Gasteiger partial charge < -0.3 is 0 Å². The van der Waals surface area contributed by atoms with E-state index in [1.54, 1.807) is 12.1 Å². The number of carbonyl (C=O) groups excluding carboxylic acids is 1. The van der Waals surface area contributed by atoms with Gasteiger partial charge in [0, 0.05) is 5.56 Å². The second-order valence-corrected chi connectivity index (χ2v) is 4.19. The molecule has 1 aromatic heterocycles. The van der Waals surface area contributed by atoms with E-state index in [2.05, 4.69) is 0 Å². The maximum atomic E-state index is 12.9. The van der Waals surface area contributed by atoms with E-state index in [0.717, 1.165) is 5.56 Å². The first-order valence-electron chi connectivity index (χ1n) is 4.53. The molecule has 0 aliphatic carbocycles. The molecule has 0 unspecified atom stereocenters. The number of carbonyl (C=O) groups is 1. The molecule has 0 amide bonds. The summed E-state index contributed by atoms with van der Waals surface area (Å²) < 4.78 is 12.9. The van der Waals surface area contributed by atoms with Gasteiger partial charge in [-0.15, -0.1) is 11.3 Å². The van der Waals surface area contributed by atoms with Crippen LogP contribution < -0.4 is 0 Å². The Morgan fingerprint density at radius 2 is 2.13 bits per heavy atom. The van der Waals surface area contributed by atoms with E-state index in [4.69, 9.17) is 0 Å². The van der Waals surface area contributed by atoms with Crippen molar-refractivity contribution < 1.29 is 9.18 Å². The van der Waals surface area contributed by atoms with Crippen LogP contribution in [0, 0.1) is 12.7 Å². The Bertz CT molecular complexity index is 502. The average molecular weight is 220 g/mol. The van der Waals surface area contributed by atoms with Crippen LogP contribution in [-0.2, 0) is 0 Å². The van der Waals surface area contributed by atoms with Crippen molar-refractivity contribution in [3.63, 3.8) is 0 Å². The van der Waals surface area contributed by atoms with Gasteiger partial charge >= 0.3 is 0 Å². The van der Waals surface area contributed by atoms with Crippen LogP contribution in [0.2, 0.25) is 0 Å². The molecule has 0 radical (unpaired) electrons. The summed E-state index contributed by atoms with van der Waals surface area (Å²) in [6.45, 7) is 1.88. The summed E-state index contributed by atoms with van der Waals surface area (Å²) >= 11 is 1.39. The third-order valence-electron chi connectivity index (χ3n) is 2.16. The molecule has 2 rings (SSSR count). The van der Waals surface area contributed by atoms with E-state index < -0.39 is 0 Å². The number of hydrogen-bond acceptors (Lipinski definition) is 2. The quantitative estimate of drug-likeness (QED) is 0.709. The highest BCUT2D eigenvalue weighted by atomic mass is 32.1. The normalized spacial score (nSPS) is 10.3. The second-order valence-electron chi connectivity index (χ2n) is 3.27. The number of aryl methyl sites for hydroxylation is 1. The number of ketones is 1. The van der Waals surface area contributed by atoms with E-state index >= 15 is 0 Å². The molecule has 2 aromatic rings. The van der Waals surface area contributed by atoms with Crippen molar-refractivity contribution >= 4 is 17.1 Å². The standard InChI is InChI=1S/C12H9FOS/c1-8-5-6-15-12(8)11(14)9-3-2-4-10(13)7-9/h2-7H,1H3. The minimum atomic E-state index is -0.380. The lowest BCUT2D eigenvalue weighted by molar-refractivity contribution is 0.104. The number of thiophene rings is 1. The van der Waals surface area contributed by atoms with Crippen molar-refractivity contribution in [2.75, 3.05) is 0 Å². The molecule has 3 heteroatoms. The molecule has 1 nitrogen and oxygen atoms in total. The highest BCUT2D eigenvalue weighted by molar-refractivity contribution is 7.12. The van der Waals surface area contributed by atoms with E-state index in [1.165, 1.54) is 23.5 Å². The van der Waals surface area contributed by atoms with Crippen LogP contribution in [0.1, 0.15) is 20.8 Å². The molecule has 1 heterocycles. The Labute approximate surface area is 91.2 Å². The van der Waals surface area contributed by atoms with Gasteiger partial charge in [-0.1, -0.05) is 12.1 Å². The van der Waals surface area contributed by atoms with Crippen LogP contribution in [0.4, 0.5) is 4.39 Å². The Morgan fingerprint density at radius 1 is 1.33 bits per heavy atom. The highest BCUT2D eigenvalue weighted by Gasteiger charge is 2.13. The molecule has 0 aliphatic heterocycles. The van der Waals surface area contributed by atoms with E-state index in [-0.39, 0.29) is 11.6 Å². The molecule has 0 fully saturated rings. The summed E-state index contributed by atoms with van der Waals surface area (Å²) in [7, 11) is 0. The Hall–Kier alpha value is -1.48. The van der Waals surface area contributed by atoms with Crippen LogP contribution in [0.5, 0.6) is 0 Å². The van der Waals surface area contributed by atoms with Crippen LogP contribution in [0.3, 0.4) is 0 Å². The van der Waals surface area contributed by atoms with E-state index in [1.807, 2.05) is 18.4 Å². The molecule has 0 spiro atoms. The second kappa shape index (κ2) is 3.95. The van der Waals surface area contributed by atoms with Crippen LogP contribution >= 0.6 is 11.3 Å². The Morgan fingerprint density at radius 3 is 2.73 bits per heavy atom. The van der Waals surface area contributed by atoms with Crippen LogP contribution in [0.15, 0.2) is 35.7 Å². The summed E-state index contributed by atoms with van der Waals surface area (Å²) in [4.78, 5) is 12.6. The zero-order valence-corrected chi connectivity index (χ0v) is 8.98. The van der Waals surface area contributed by atoms with Gasteiger partial charge in [-0.2, -0.15) is 0 Å². The Kier molecular flexibility index (Phi) is 2.64. The van der Waals surface area contributed by atoms with Gasteiger partial charge in [0.15, 0.2) is 0 Å². The SMILES string of the molecule is Cc1ccsc1C(=O)c1cccc(F)c1. The molecule has 76 valence electrons. The first kappa shape index (κ1) is 10.1. The van der Waals surface area contributed by atoms with Gasteiger partial charge in [0.1, 0.15) is 5.82 Å². The lowest BCUT2D eigenvalue weighted by atomic mass is 10.1. The van der Waals surface area contributed by atoms with Crippen molar-refractivity contribution in [3.8, 4) is 0 Å². The molecule has 0 saturated carbocycles. The fraction of sp³-hybridized carbons (Fsp3) is 0.0833.